The minimum atomic E-state index is -1.86. The Bertz CT molecular complexity index is 2830. The van der Waals surface area contributed by atoms with Gasteiger partial charge in [0, 0.05) is 40.4 Å². The molecule has 0 radical (unpaired) electrons. The number of carbonyl (C=O) groups is 6. The van der Waals surface area contributed by atoms with E-state index in [0.29, 0.717) is 0 Å². The molecule has 26 unspecified atom stereocenters. The lowest BCUT2D eigenvalue weighted by Crippen LogP contribution is -2.60. The van der Waals surface area contributed by atoms with Crippen LogP contribution in [0.3, 0.4) is 0 Å². The highest BCUT2D eigenvalue weighted by Crippen LogP contribution is 2.46. The number of ether oxygens (including phenoxy) is 15. The Hall–Kier alpha value is -6.06. The van der Waals surface area contributed by atoms with Crippen LogP contribution in [0.4, 0.5) is 0 Å². The summed E-state index contributed by atoms with van der Waals surface area (Å²) in [7, 11) is 3.28. The quantitative estimate of drug-likeness (QED) is 0.0253. The Kier molecular flexibility index (Phi) is 27.0. The van der Waals surface area contributed by atoms with Gasteiger partial charge in [0.1, 0.15) is 79.4 Å². The molecule has 33 heteroatoms. The Morgan fingerprint density at radius 1 is 0.500 bits per heavy atom. The number of hydrogen-bond donors (Lipinski definition) is 12. The third-order valence-electron chi connectivity index (χ3n) is 18.1. The molecular formula is C61H86O33. The van der Waals surface area contributed by atoms with Gasteiger partial charge in [0.25, 0.3) is 0 Å². The van der Waals surface area contributed by atoms with Gasteiger partial charge in [0.05, 0.1) is 109 Å². The smallest absolute Gasteiger partial charge is 0.337 e. The van der Waals surface area contributed by atoms with E-state index in [1.807, 2.05) is 0 Å². The fourth-order valence-corrected chi connectivity index (χ4v) is 12.6. The summed E-state index contributed by atoms with van der Waals surface area (Å²) in [5.74, 6) is -11.5. The number of allylic oxidation sites excluding steroid dienone is 3. The van der Waals surface area contributed by atoms with E-state index in [0.717, 1.165) is 40.1 Å². The third kappa shape index (κ3) is 16.7. The van der Waals surface area contributed by atoms with E-state index in [1.165, 1.54) is 39.0 Å². The minimum absolute atomic E-state index is 0.0460. The van der Waals surface area contributed by atoms with Gasteiger partial charge >= 0.3 is 35.8 Å². The zero-order valence-corrected chi connectivity index (χ0v) is 52.8. The van der Waals surface area contributed by atoms with Crippen molar-refractivity contribution in [2.75, 3.05) is 54.4 Å². The lowest BCUT2D eigenvalue weighted by atomic mass is 9.83. The van der Waals surface area contributed by atoms with Gasteiger partial charge in [-0.2, -0.15) is 0 Å². The first kappa shape index (κ1) is 75.3. The van der Waals surface area contributed by atoms with Crippen LogP contribution >= 0.6 is 0 Å². The highest BCUT2D eigenvalue weighted by molar-refractivity contribution is 5.92. The van der Waals surface area contributed by atoms with Gasteiger partial charge in [-0.05, 0) is 44.9 Å². The number of aliphatic hydroxyl groups excluding tert-OH is 12. The third-order valence-corrected chi connectivity index (χ3v) is 18.1. The highest BCUT2D eigenvalue weighted by atomic mass is 16.8. The van der Waals surface area contributed by atoms with Crippen LogP contribution < -0.4 is 0 Å². The zero-order valence-electron chi connectivity index (χ0n) is 52.8. The first-order valence-corrected chi connectivity index (χ1v) is 30.4. The monoisotopic (exact) mass is 1350 g/mol. The van der Waals surface area contributed by atoms with Crippen molar-refractivity contribution in [3.8, 4) is 0 Å². The van der Waals surface area contributed by atoms with Crippen molar-refractivity contribution in [2.24, 2.45) is 41.4 Å². The van der Waals surface area contributed by atoms with Crippen LogP contribution in [0.2, 0.25) is 0 Å². The van der Waals surface area contributed by atoms with Crippen molar-refractivity contribution in [3.63, 3.8) is 0 Å². The Balaban J connectivity index is 1.11. The molecule has 6 heterocycles. The second kappa shape index (κ2) is 33.7. The fourth-order valence-electron chi connectivity index (χ4n) is 12.6. The zero-order chi connectivity index (χ0) is 69.2. The molecule has 0 aromatic rings. The molecule has 6 aliphatic heterocycles. The molecular weight excluding hydrogens is 1260 g/mol. The number of rotatable bonds is 24. The SMILES string of the molecule is C/C=C1\C(OC2OC(CO)C(O)C(O)C2O)OC=C(C(=O)OC)C1CC(=O)OCC(C)C1CC(OC(=O)CC2C(C(=O)OC)=COC(OC3OC(CO)C(O)C(O)C3O)/C2=C\C)C(C)C1COC(=O)CC1C(C(=O)OC)=COC(OC2OC(CO)C(O)C(O)C2O)/C1=C\C. The maximum atomic E-state index is 14.4. The van der Waals surface area contributed by atoms with Crippen LogP contribution in [0.5, 0.6) is 0 Å². The second-order valence-corrected chi connectivity index (χ2v) is 23.5. The molecule has 3 saturated heterocycles. The first-order chi connectivity index (χ1) is 44.8. The van der Waals surface area contributed by atoms with Gasteiger partial charge in [-0.3, -0.25) is 14.4 Å². The molecule has 0 aromatic heterocycles. The van der Waals surface area contributed by atoms with Gasteiger partial charge in [0.15, 0.2) is 18.9 Å². The van der Waals surface area contributed by atoms with E-state index in [4.69, 9.17) is 71.1 Å². The molecule has 0 bridgehead atoms. The molecule has 7 aliphatic rings. The second-order valence-electron chi connectivity index (χ2n) is 23.5. The predicted molar refractivity (Wildman–Crippen MR) is 307 cm³/mol. The Morgan fingerprint density at radius 3 is 1.15 bits per heavy atom. The van der Waals surface area contributed by atoms with Crippen molar-refractivity contribution >= 4 is 35.8 Å². The molecule has 0 aromatic carbocycles. The molecule has 1 aliphatic carbocycles. The molecule has 26 atom stereocenters. The van der Waals surface area contributed by atoms with Gasteiger partial charge in [-0.1, -0.05) is 32.1 Å². The van der Waals surface area contributed by atoms with Crippen molar-refractivity contribution in [1.82, 2.24) is 0 Å². The van der Waals surface area contributed by atoms with Gasteiger partial charge in [-0.25, -0.2) is 14.4 Å². The molecule has 12 N–H and O–H groups in total. The van der Waals surface area contributed by atoms with Crippen molar-refractivity contribution in [3.05, 3.63) is 70.5 Å². The van der Waals surface area contributed by atoms with Crippen LogP contribution in [0.25, 0.3) is 0 Å². The standard InChI is InChI=1S/C61H86O33/c1-9-26-30(34(53(77)80-6)21-85-56(26)92-59-50(74)47(71)44(68)38(16-62)89-59)13-41(65)83-19-24(4)29-12-37(88-43(67)15-32-28(11-3)58(87-23-36(32)55(79)82-8)94-61-52(76)49(73)46(70)40(18-64)91-61)25(5)33(29)20-84-42(66)14-31-27(10-2)57(86-22-35(31)54(78)81-7)93-60-51(75)48(72)45(69)39(17-63)90-60/h9-11,21-25,29-33,37-40,44-52,56-64,68-76H,12-20H2,1-8H3/b26-9-,27-10-,28-11-. The van der Waals surface area contributed by atoms with Crippen LogP contribution in [-0.4, -0.2) is 269 Å². The van der Waals surface area contributed by atoms with E-state index in [2.05, 4.69) is 0 Å². The number of methoxy groups -OCH3 is 3. The topological polar surface area (TPSA) is 484 Å². The van der Waals surface area contributed by atoms with Crippen LogP contribution in [0.15, 0.2) is 70.5 Å². The average molecular weight is 1350 g/mol. The molecule has 4 fully saturated rings. The maximum absolute atomic E-state index is 14.4. The summed E-state index contributed by atoms with van der Waals surface area (Å²) in [5, 5.41) is 124. The molecule has 528 valence electrons. The molecule has 33 nitrogen and oxygen atoms in total. The van der Waals surface area contributed by atoms with Crippen molar-refractivity contribution < 1.29 is 161 Å². The van der Waals surface area contributed by atoms with E-state index in [-0.39, 0.29) is 53.1 Å². The summed E-state index contributed by atoms with van der Waals surface area (Å²) in [5.41, 5.74) is -0.0660. The van der Waals surface area contributed by atoms with Crippen molar-refractivity contribution in [2.45, 2.75) is 177 Å². The summed E-state index contributed by atoms with van der Waals surface area (Å²) in [6.45, 7) is 5.01. The maximum Gasteiger partial charge on any atom is 0.337 e. The van der Waals surface area contributed by atoms with Crippen LogP contribution in [-0.2, 0) is 99.8 Å². The highest BCUT2D eigenvalue weighted by Gasteiger charge is 2.52. The normalized spacial score (nSPS) is 39.1. The van der Waals surface area contributed by atoms with E-state index in [1.54, 1.807) is 13.8 Å². The van der Waals surface area contributed by atoms with Gasteiger partial charge in [0.2, 0.25) is 18.9 Å². The number of aliphatic hydroxyl groups is 12. The van der Waals surface area contributed by atoms with Gasteiger partial charge < -0.3 is 132 Å². The molecule has 0 amide bonds. The molecule has 94 heavy (non-hydrogen) atoms. The lowest BCUT2D eigenvalue weighted by Gasteiger charge is -2.42. The lowest BCUT2D eigenvalue weighted by molar-refractivity contribution is -0.327. The van der Waals surface area contributed by atoms with E-state index < -0.39 is 233 Å². The summed E-state index contributed by atoms with van der Waals surface area (Å²) >= 11 is 0. The van der Waals surface area contributed by atoms with E-state index >= 15 is 0 Å². The van der Waals surface area contributed by atoms with Crippen molar-refractivity contribution in [1.29, 1.82) is 0 Å². The summed E-state index contributed by atoms with van der Waals surface area (Å²) in [4.78, 5) is 82.5. The van der Waals surface area contributed by atoms with Gasteiger partial charge in [-0.15, -0.1) is 0 Å². The fraction of sp³-hybridized carbons (Fsp3) is 0.705. The predicted octanol–water partition coefficient (Wildman–Crippen LogP) is -3.56. The average Bonchev–Trinajstić information content (AvgIpc) is 0.882. The first-order valence-electron chi connectivity index (χ1n) is 30.4. The number of esters is 6. The Labute approximate surface area is 539 Å². The minimum Gasteiger partial charge on any atom is -0.468 e. The molecule has 0 spiro atoms. The number of hydrogen-bond acceptors (Lipinski definition) is 33. The summed E-state index contributed by atoms with van der Waals surface area (Å²) < 4.78 is 84.5. The van der Waals surface area contributed by atoms with Crippen LogP contribution in [0.1, 0.15) is 60.3 Å². The number of carbonyl (C=O) groups excluding carboxylic acids is 6. The largest absolute Gasteiger partial charge is 0.468 e. The summed E-state index contributed by atoms with van der Waals surface area (Å²) in [6, 6.07) is 0. The summed E-state index contributed by atoms with van der Waals surface area (Å²) in [6.07, 6.45) is -25.1. The molecule has 1 saturated carbocycles. The molecule has 7 rings (SSSR count). The Morgan fingerprint density at radius 2 is 0.830 bits per heavy atom. The van der Waals surface area contributed by atoms with E-state index in [9.17, 15) is 90.0 Å². The van der Waals surface area contributed by atoms with Crippen LogP contribution in [0, 0.1) is 41.4 Å².